The minimum Gasteiger partial charge on any atom is -0.308 e. The van der Waals surface area contributed by atoms with E-state index in [2.05, 4.69) is 45.4 Å². The van der Waals surface area contributed by atoms with Gasteiger partial charge in [0.15, 0.2) is 0 Å². The van der Waals surface area contributed by atoms with Crippen molar-refractivity contribution >= 4 is 0 Å². The number of nitrogens with one attached hydrogen (secondary N) is 1. The lowest BCUT2D eigenvalue weighted by Crippen LogP contribution is -2.45. The van der Waals surface area contributed by atoms with Crippen LogP contribution in [0.2, 0.25) is 0 Å². The number of aryl methyl sites for hydroxylation is 1. The summed E-state index contributed by atoms with van der Waals surface area (Å²) in [7, 11) is 2.24. The molecule has 1 N–H and O–H groups in total. The Balaban J connectivity index is 1.46. The molecule has 4 heteroatoms. The summed E-state index contributed by atoms with van der Waals surface area (Å²) in [5.41, 5.74) is 5.32. The van der Waals surface area contributed by atoms with Crippen molar-refractivity contribution in [2.24, 2.45) is 0 Å². The molecule has 0 saturated heterocycles. The molecule has 4 rings (SSSR count). The first-order chi connectivity index (χ1) is 11.3. The molecule has 0 aromatic carbocycles. The van der Waals surface area contributed by atoms with Crippen molar-refractivity contribution in [2.75, 3.05) is 13.6 Å². The second kappa shape index (κ2) is 6.38. The lowest BCUT2D eigenvalue weighted by atomic mass is 9.90. The summed E-state index contributed by atoms with van der Waals surface area (Å²) in [5.74, 6) is 0. The Hall–Kier alpha value is -1.78. The van der Waals surface area contributed by atoms with Gasteiger partial charge >= 0.3 is 0 Å². The first-order valence-electron chi connectivity index (χ1n) is 8.61. The van der Waals surface area contributed by atoms with E-state index in [9.17, 15) is 0 Å². The Kier molecular flexibility index (Phi) is 4.10. The average Bonchev–Trinajstić information content (AvgIpc) is 2.61. The van der Waals surface area contributed by atoms with E-state index in [4.69, 9.17) is 0 Å². The van der Waals surface area contributed by atoms with Crippen molar-refractivity contribution in [2.45, 2.75) is 44.3 Å². The predicted octanol–water partition coefficient (Wildman–Crippen LogP) is 2.50. The van der Waals surface area contributed by atoms with Crippen LogP contribution in [-0.2, 0) is 19.4 Å². The molecule has 2 atom stereocenters. The van der Waals surface area contributed by atoms with Gasteiger partial charge in [0.05, 0.1) is 11.7 Å². The fourth-order valence-corrected chi connectivity index (χ4v) is 3.99. The van der Waals surface area contributed by atoms with E-state index in [-0.39, 0.29) is 0 Å². The first kappa shape index (κ1) is 14.8. The number of aromatic nitrogens is 2. The molecule has 4 nitrogen and oxygen atoms in total. The van der Waals surface area contributed by atoms with Crippen LogP contribution in [0.15, 0.2) is 36.7 Å². The fourth-order valence-electron chi connectivity index (χ4n) is 3.99. The second-order valence-corrected chi connectivity index (χ2v) is 6.79. The fraction of sp³-hybridized carbons (Fsp3) is 0.474. The number of rotatable bonds is 3. The van der Waals surface area contributed by atoms with Crippen LogP contribution >= 0.6 is 0 Å². The van der Waals surface area contributed by atoms with E-state index >= 15 is 0 Å². The van der Waals surface area contributed by atoms with Crippen LogP contribution in [0.5, 0.6) is 0 Å². The number of likely N-dealkylation sites (N-methyl/N-ethyl adjacent to an activating group) is 1. The van der Waals surface area contributed by atoms with Crippen molar-refractivity contribution in [3.8, 4) is 0 Å². The molecule has 0 fully saturated rings. The van der Waals surface area contributed by atoms with Crippen LogP contribution < -0.4 is 5.32 Å². The molecule has 0 bridgehead atoms. The van der Waals surface area contributed by atoms with Crippen molar-refractivity contribution in [1.82, 2.24) is 20.2 Å². The molecule has 0 amide bonds. The third-order valence-corrected chi connectivity index (χ3v) is 5.21. The smallest absolute Gasteiger partial charge is 0.0607 e. The highest BCUT2D eigenvalue weighted by atomic mass is 15.2. The summed E-state index contributed by atoms with van der Waals surface area (Å²) in [5, 5.41) is 3.67. The predicted molar refractivity (Wildman–Crippen MR) is 91.1 cm³/mol. The summed E-state index contributed by atoms with van der Waals surface area (Å²) in [6.07, 6.45) is 8.50. The van der Waals surface area contributed by atoms with E-state index in [1.54, 1.807) is 0 Å². The maximum atomic E-state index is 4.68. The van der Waals surface area contributed by atoms with Gasteiger partial charge in [-0.05, 0) is 49.6 Å². The lowest BCUT2D eigenvalue weighted by molar-refractivity contribution is 0.190. The lowest BCUT2D eigenvalue weighted by Gasteiger charge is -2.36. The molecule has 1 aliphatic heterocycles. The van der Waals surface area contributed by atoms with E-state index < -0.39 is 0 Å². The highest BCUT2D eigenvalue weighted by Crippen LogP contribution is 2.32. The van der Waals surface area contributed by atoms with Gasteiger partial charge in [-0.1, -0.05) is 12.1 Å². The highest BCUT2D eigenvalue weighted by Gasteiger charge is 2.27. The molecule has 1 aliphatic carbocycles. The summed E-state index contributed by atoms with van der Waals surface area (Å²) in [6.45, 7) is 1.97. The molecule has 2 aliphatic rings. The van der Waals surface area contributed by atoms with Gasteiger partial charge in [0.1, 0.15) is 0 Å². The SMILES string of the molecule is CN(C[C@@H]1Cc2ncccc2CN1)[C@H]1CCCc2cccnc21. The van der Waals surface area contributed by atoms with Crippen molar-refractivity contribution in [3.05, 3.63) is 59.2 Å². The molecule has 0 radical (unpaired) electrons. The summed E-state index contributed by atoms with van der Waals surface area (Å²) < 4.78 is 0. The van der Waals surface area contributed by atoms with E-state index in [0.717, 1.165) is 19.5 Å². The van der Waals surface area contributed by atoms with Crippen LogP contribution in [0.25, 0.3) is 0 Å². The molecular weight excluding hydrogens is 284 g/mol. The first-order valence-corrected chi connectivity index (χ1v) is 8.61. The number of nitrogens with zero attached hydrogens (tertiary/aromatic N) is 3. The van der Waals surface area contributed by atoms with Crippen LogP contribution in [0.4, 0.5) is 0 Å². The van der Waals surface area contributed by atoms with Crippen LogP contribution in [0.1, 0.15) is 41.4 Å². The molecule has 0 saturated carbocycles. The second-order valence-electron chi connectivity index (χ2n) is 6.79. The van der Waals surface area contributed by atoms with Gasteiger partial charge in [-0.15, -0.1) is 0 Å². The monoisotopic (exact) mass is 308 g/mol. The van der Waals surface area contributed by atoms with E-state index in [1.165, 1.54) is 41.8 Å². The highest BCUT2D eigenvalue weighted by molar-refractivity contribution is 5.26. The zero-order valence-corrected chi connectivity index (χ0v) is 13.7. The molecule has 2 aromatic heterocycles. The quantitative estimate of drug-likeness (QED) is 0.946. The number of hydrogen-bond acceptors (Lipinski definition) is 4. The van der Waals surface area contributed by atoms with E-state index in [1.807, 2.05) is 18.5 Å². The topological polar surface area (TPSA) is 41.1 Å². The largest absolute Gasteiger partial charge is 0.308 e. The van der Waals surface area contributed by atoms with Crippen molar-refractivity contribution < 1.29 is 0 Å². The summed E-state index contributed by atoms with van der Waals surface area (Å²) in [6, 6.07) is 9.42. The molecular formula is C19H24N4. The zero-order valence-electron chi connectivity index (χ0n) is 13.7. The summed E-state index contributed by atoms with van der Waals surface area (Å²) in [4.78, 5) is 11.7. The van der Waals surface area contributed by atoms with Gasteiger partial charge in [-0.25, -0.2) is 0 Å². The Morgan fingerprint density at radius 2 is 2.00 bits per heavy atom. The molecule has 120 valence electrons. The van der Waals surface area contributed by atoms with E-state index in [0.29, 0.717) is 12.1 Å². The van der Waals surface area contributed by atoms with Crippen LogP contribution in [0, 0.1) is 0 Å². The molecule has 0 unspecified atom stereocenters. The average molecular weight is 308 g/mol. The number of pyridine rings is 2. The van der Waals surface area contributed by atoms with Gasteiger partial charge in [-0.2, -0.15) is 0 Å². The molecule has 3 heterocycles. The van der Waals surface area contributed by atoms with Crippen LogP contribution in [0.3, 0.4) is 0 Å². The molecule has 2 aromatic rings. The van der Waals surface area contributed by atoms with Gasteiger partial charge in [0.2, 0.25) is 0 Å². The van der Waals surface area contributed by atoms with Gasteiger partial charge in [-0.3, -0.25) is 14.9 Å². The van der Waals surface area contributed by atoms with Gasteiger partial charge < -0.3 is 5.32 Å². The maximum absolute atomic E-state index is 4.68. The Bertz CT molecular complexity index is 685. The standard InChI is InChI=1S/C19H24N4/c1-23(18-8-2-5-14-6-3-10-21-19(14)18)13-16-11-17-15(12-22-16)7-4-9-20-17/h3-4,6-7,9-10,16,18,22H,2,5,8,11-13H2,1H3/t16-,18-/m0/s1. The number of fused-ring (bicyclic) bond motifs is 2. The maximum Gasteiger partial charge on any atom is 0.0607 e. The minimum absolute atomic E-state index is 0.451. The summed E-state index contributed by atoms with van der Waals surface area (Å²) >= 11 is 0. The van der Waals surface area contributed by atoms with Crippen molar-refractivity contribution in [3.63, 3.8) is 0 Å². The van der Waals surface area contributed by atoms with Gasteiger partial charge in [0.25, 0.3) is 0 Å². The van der Waals surface area contributed by atoms with Crippen molar-refractivity contribution in [1.29, 1.82) is 0 Å². The third kappa shape index (κ3) is 3.01. The van der Waals surface area contributed by atoms with Crippen LogP contribution in [-0.4, -0.2) is 34.5 Å². The number of hydrogen-bond donors (Lipinski definition) is 1. The third-order valence-electron chi connectivity index (χ3n) is 5.21. The minimum atomic E-state index is 0.451. The zero-order chi connectivity index (χ0) is 15.6. The molecule has 0 spiro atoms. The Morgan fingerprint density at radius 1 is 1.17 bits per heavy atom. The Labute approximate surface area is 138 Å². The van der Waals surface area contributed by atoms with Gasteiger partial charge in [0, 0.05) is 43.6 Å². The normalized spacial score (nSPS) is 23.4. The Morgan fingerprint density at radius 3 is 2.91 bits per heavy atom. The molecule has 23 heavy (non-hydrogen) atoms.